The molecular weight excluding hydrogens is 783 g/mol. The third kappa shape index (κ3) is 11.1. The number of nitrogens with zero attached hydrogens (tertiary/aromatic N) is 1. The highest BCUT2D eigenvalue weighted by molar-refractivity contribution is 7.92. The van der Waals surface area contributed by atoms with Gasteiger partial charge in [0, 0.05) is 43.1 Å². The van der Waals surface area contributed by atoms with Crippen molar-refractivity contribution in [2.24, 2.45) is 0 Å². The van der Waals surface area contributed by atoms with E-state index >= 15 is 0 Å². The SMILES string of the molecule is COc1ccc(C(OCC2OC(n3cc(CCCNC(=O)CCCCCCC(C)=O)c4cc(NS(C)(=O)=O)ccc43)CC2O)(c2ccccc2)c2ccc(OC)cc2)cc1. The summed E-state index contributed by atoms with van der Waals surface area (Å²) in [6.45, 7) is 2.14. The predicted molar refractivity (Wildman–Crippen MR) is 233 cm³/mol. The van der Waals surface area contributed by atoms with Crippen LogP contribution in [-0.2, 0) is 41.1 Å². The lowest BCUT2D eigenvalue weighted by molar-refractivity contribution is -0.121. The van der Waals surface area contributed by atoms with E-state index in [9.17, 15) is 23.1 Å². The van der Waals surface area contributed by atoms with E-state index in [0.717, 1.165) is 65.1 Å². The monoisotopic (exact) mass is 839 g/mol. The number of sulfonamides is 1. The number of rotatable bonds is 22. The summed E-state index contributed by atoms with van der Waals surface area (Å²) in [5.41, 5.74) is 3.74. The average molecular weight is 840 g/mol. The molecule has 4 aromatic carbocycles. The lowest BCUT2D eigenvalue weighted by Crippen LogP contribution is -2.38. The van der Waals surface area contributed by atoms with Gasteiger partial charge in [-0.25, -0.2) is 8.42 Å². The van der Waals surface area contributed by atoms with Crippen molar-refractivity contribution in [1.82, 2.24) is 9.88 Å². The minimum atomic E-state index is -3.52. The van der Waals surface area contributed by atoms with Gasteiger partial charge in [0.05, 0.1) is 38.7 Å². The molecule has 320 valence electrons. The number of carbonyl (C=O) groups excluding carboxylic acids is 2. The Morgan fingerprint density at radius 3 is 2.05 bits per heavy atom. The number of unbranched alkanes of at least 4 members (excludes halogenated alkanes) is 3. The van der Waals surface area contributed by atoms with Crippen LogP contribution in [0.3, 0.4) is 0 Å². The molecule has 0 radical (unpaired) electrons. The summed E-state index contributed by atoms with van der Waals surface area (Å²) < 4.78 is 53.6. The number of aliphatic hydroxyl groups is 1. The number of ketones is 1. The molecule has 2 heterocycles. The largest absolute Gasteiger partial charge is 0.497 e. The van der Waals surface area contributed by atoms with E-state index in [1.165, 1.54) is 0 Å². The maximum absolute atomic E-state index is 12.5. The van der Waals surface area contributed by atoms with Gasteiger partial charge in [0.2, 0.25) is 15.9 Å². The van der Waals surface area contributed by atoms with E-state index < -0.39 is 34.1 Å². The summed E-state index contributed by atoms with van der Waals surface area (Å²) in [7, 11) is -0.264. The molecule has 1 saturated heterocycles. The van der Waals surface area contributed by atoms with E-state index in [0.29, 0.717) is 55.8 Å². The summed E-state index contributed by atoms with van der Waals surface area (Å²) in [5.74, 6) is 1.61. The Morgan fingerprint density at radius 2 is 1.45 bits per heavy atom. The number of aryl methyl sites for hydroxylation is 1. The number of methoxy groups -OCH3 is 2. The lowest BCUT2D eigenvalue weighted by Gasteiger charge is -2.37. The smallest absolute Gasteiger partial charge is 0.229 e. The minimum absolute atomic E-state index is 0.000466. The molecule has 1 aromatic heterocycles. The zero-order chi connectivity index (χ0) is 42.7. The van der Waals surface area contributed by atoms with Crippen molar-refractivity contribution < 1.29 is 42.1 Å². The van der Waals surface area contributed by atoms with Gasteiger partial charge in [-0.2, -0.15) is 0 Å². The molecule has 6 rings (SSSR count). The zero-order valence-corrected chi connectivity index (χ0v) is 35.7. The zero-order valence-electron chi connectivity index (χ0n) is 34.9. The van der Waals surface area contributed by atoms with E-state index in [1.807, 2.05) is 102 Å². The fourth-order valence-corrected chi connectivity index (χ4v) is 8.52. The van der Waals surface area contributed by atoms with Gasteiger partial charge in [-0.15, -0.1) is 0 Å². The topological polar surface area (TPSA) is 154 Å². The average Bonchev–Trinajstić information content (AvgIpc) is 3.80. The van der Waals surface area contributed by atoms with Crippen molar-refractivity contribution in [3.63, 3.8) is 0 Å². The number of hydrogen-bond acceptors (Lipinski definition) is 9. The van der Waals surface area contributed by atoms with Crippen molar-refractivity contribution in [2.75, 3.05) is 38.3 Å². The van der Waals surface area contributed by atoms with E-state index in [-0.39, 0.29) is 18.3 Å². The fourth-order valence-electron chi connectivity index (χ4n) is 7.97. The molecule has 1 fully saturated rings. The number of aromatic nitrogens is 1. The van der Waals surface area contributed by atoms with Crippen LogP contribution in [0.25, 0.3) is 10.9 Å². The second-order valence-electron chi connectivity index (χ2n) is 15.5. The number of amides is 1. The molecular formula is C47H57N3O9S. The highest BCUT2D eigenvalue weighted by atomic mass is 32.2. The van der Waals surface area contributed by atoms with Crippen LogP contribution in [0.2, 0.25) is 0 Å². The molecule has 3 unspecified atom stereocenters. The van der Waals surface area contributed by atoms with Crippen LogP contribution in [0.15, 0.2) is 103 Å². The van der Waals surface area contributed by atoms with Gasteiger partial charge in [-0.3, -0.25) is 9.52 Å². The number of hydrogen-bond donors (Lipinski definition) is 3. The Bertz CT molecular complexity index is 2250. The van der Waals surface area contributed by atoms with Crippen molar-refractivity contribution in [3.05, 3.63) is 126 Å². The van der Waals surface area contributed by atoms with Gasteiger partial charge >= 0.3 is 0 Å². The van der Waals surface area contributed by atoms with E-state index in [4.69, 9.17) is 18.9 Å². The van der Waals surface area contributed by atoms with Crippen LogP contribution in [-0.4, -0.2) is 75.6 Å². The van der Waals surface area contributed by atoms with Crippen LogP contribution in [0, 0.1) is 0 Å². The summed E-state index contributed by atoms with van der Waals surface area (Å²) in [6, 6.07) is 30.9. The van der Waals surface area contributed by atoms with E-state index in [1.54, 1.807) is 27.2 Å². The lowest BCUT2D eigenvalue weighted by atomic mass is 9.80. The van der Waals surface area contributed by atoms with Gasteiger partial charge in [0.25, 0.3) is 0 Å². The van der Waals surface area contributed by atoms with Crippen molar-refractivity contribution >= 4 is 38.3 Å². The number of carbonyl (C=O) groups is 2. The Hall–Kier alpha value is -5.21. The number of Topliss-reactive ketones (excluding diaryl/α,β-unsaturated/α-hetero) is 1. The second kappa shape index (κ2) is 20.4. The first-order chi connectivity index (χ1) is 28.9. The van der Waals surface area contributed by atoms with Gasteiger partial charge in [0.15, 0.2) is 0 Å². The number of aliphatic hydroxyl groups excluding tert-OH is 1. The highest BCUT2D eigenvalue weighted by Gasteiger charge is 2.42. The number of benzene rings is 4. The quantitative estimate of drug-likeness (QED) is 0.0471. The van der Waals surface area contributed by atoms with Crippen LogP contribution in [0.5, 0.6) is 11.5 Å². The minimum Gasteiger partial charge on any atom is -0.497 e. The standard InChI is InChI=1S/C47H57N3O9S/c1-33(51)13-8-5-6-11-17-45(53)48-28-12-14-34-31-50(42-27-22-38(29-41(34)42)49-60(4,54)55)46-30-43(52)44(59-46)32-58-47(35-15-9-7-10-16-35,36-18-23-39(56-2)24-19-36)37-20-25-40(57-3)26-21-37/h7,9-10,15-16,18-27,29,31,43-44,46,49,52H,5-6,8,11-14,17,28,30,32H2,1-4H3,(H,48,53). The third-order valence-corrected chi connectivity index (χ3v) is 11.6. The first kappa shape index (κ1) is 44.3. The van der Waals surface area contributed by atoms with Crippen molar-refractivity contribution in [3.8, 4) is 11.5 Å². The fraction of sp³-hybridized carbons (Fsp3) is 0.404. The molecule has 60 heavy (non-hydrogen) atoms. The molecule has 0 spiro atoms. The molecule has 13 heteroatoms. The molecule has 12 nitrogen and oxygen atoms in total. The van der Waals surface area contributed by atoms with Gasteiger partial charge in [-0.1, -0.05) is 67.4 Å². The van der Waals surface area contributed by atoms with Crippen molar-refractivity contribution in [1.29, 1.82) is 0 Å². The van der Waals surface area contributed by atoms with Gasteiger partial charge in [0.1, 0.15) is 35.2 Å². The normalized spacial score (nSPS) is 16.8. The summed E-state index contributed by atoms with van der Waals surface area (Å²) in [4.78, 5) is 23.7. The molecule has 1 aliphatic heterocycles. The summed E-state index contributed by atoms with van der Waals surface area (Å²) in [6.07, 6.45) is 7.12. The molecule has 1 aliphatic rings. The van der Waals surface area contributed by atoms with Crippen LogP contribution < -0.4 is 19.5 Å². The van der Waals surface area contributed by atoms with Gasteiger partial charge in [-0.05, 0) is 97.3 Å². The second-order valence-corrected chi connectivity index (χ2v) is 17.2. The Kier molecular flexibility index (Phi) is 15.1. The summed E-state index contributed by atoms with van der Waals surface area (Å²) in [5, 5.41) is 15.5. The first-order valence-corrected chi connectivity index (χ1v) is 22.5. The Labute approximate surface area is 353 Å². The third-order valence-electron chi connectivity index (χ3n) is 11.0. The molecule has 3 N–H and O–H groups in total. The Morgan fingerprint density at radius 1 is 0.833 bits per heavy atom. The number of anilines is 1. The molecule has 3 atom stereocenters. The van der Waals surface area contributed by atoms with Crippen LogP contribution in [0.1, 0.15) is 86.8 Å². The molecule has 0 saturated carbocycles. The Balaban J connectivity index is 1.21. The number of fused-ring (bicyclic) bond motifs is 1. The van der Waals surface area contributed by atoms with E-state index in [2.05, 4.69) is 10.0 Å². The maximum atomic E-state index is 12.5. The van der Waals surface area contributed by atoms with Crippen molar-refractivity contribution in [2.45, 2.75) is 88.7 Å². The highest BCUT2D eigenvalue weighted by Crippen LogP contribution is 2.43. The van der Waals surface area contributed by atoms with Crippen LogP contribution in [0.4, 0.5) is 5.69 Å². The summed E-state index contributed by atoms with van der Waals surface area (Å²) >= 11 is 0. The molecule has 0 bridgehead atoms. The number of nitrogens with one attached hydrogen (secondary N) is 2. The predicted octanol–water partition coefficient (Wildman–Crippen LogP) is 7.67. The molecule has 0 aliphatic carbocycles. The van der Waals surface area contributed by atoms with Gasteiger partial charge < -0.3 is 38.7 Å². The van der Waals surface area contributed by atoms with Crippen LogP contribution >= 0.6 is 0 Å². The number of ether oxygens (including phenoxy) is 4. The maximum Gasteiger partial charge on any atom is 0.229 e. The molecule has 1 amide bonds. The molecule has 5 aromatic rings. The first-order valence-electron chi connectivity index (χ1n) is 20.6.